The SMILES string of the molecule is CN=C(NCc1ccccc1OC1CCC1)NC1CCN(c2ccccn2)CC1.I. The molecule has 4 rings (SSSR count). The topological polar surface area (TPSA) is 61.8 Å². The van der Waals surface area contributed by atoms with E-state index in [1.807, 2.05) is 31.4 Å². The summed E-state index contributed by atoms with van der Waals surface area (Å²) >= 11 is 0. The molecule has 2 fully saturated rings. The second-order valence-corrected chi connectivity index (χ2v) is 7.80. The van der Waals surface area contributed by atoms with E-state index in [1.165, 1.54) is 24.8 Å². The lowest BCUT2D eigenvalue weighted by Gasteiger charge is -2.33. The highest BCUT2D eigenvalue weighted by molar-refractivity contribution is 14.0. The van der Waals surface area contributed by atoms with Crippen LogP contribution in [0.1, 0.15) is 37.7 Å². The van der Waals surface area contributed by atoms with Crippen LogP contribution in [0.4, 0.5) is 5.82 Å². The minimum absolute atomic E-state index is 0. The molecular weight excluding hydrogens is 489 g/mol. The largest absolute Gasteiger partial charge is 0.490 e. The molecule has 6 nitrogen and oxygen atoms in total. The fourth-order valence-electron chi connectivity index (χ4n) is 3.79. The third kappa shape index (κ3) is 6.00. The van der Waals surface area contributed by atoms with Crippen molar-refractivity contribution in [2.45, 2.75) is 50.8 Å². The molecule has 1 aromatic carbocycles. The maximum Gasteiger partial charge on any atom is 0.191 e. The van der Waals surface area contributed by atoms with Gasteiger partial charge in [-0.3, -0.25) is 4.99 Å². The predicted octanol–water partition coefficient (Wildman–Crippen LogP) is 3.96. The Morgan fingerprint density at radius 3 is 2.53 bits per heavy atom. The molecule has 2 heterocycles. The molecule has 0 amide bonds. The van der Waals surface area contributed by atoms with Crippen LogP contribution >= 0.6 is 24.0 Å². The average molecular weight is 521 g/mol. The van der Waals surface area contributed by atoms with Gasteiger partial charge in [-0.25, -0.2) is 4.98 Å². The Morgan fingerprint density at radius 1 is 1.10 bits per heavy atom. The van der Waals surface area contributed by atoms with E-state index in [4.69, 9.17) is 4.74 Å². The summed E-state index contributed by atoms with van der Waals surface area (Å²) < 4.78 is 6.14. The van der Waals surface area contributed by atoms with E-state index in [2.05, 4.69) is 49.8 Å². The third-order valence-corrected chi connectivity index (χ3v) is 5.80. The first-order valence-electron chi connectivity index (χ1n) is 10.7. The van der Waals surface area contributed by atoms with Gasteiger partial charge in [0.25, 0.3) is 0 Å². The molecule has 0 bridgehead atoms. The number of piperidine rings is 1. The summed E-state index contributed by atoms with van der Waals surface area (Å²) in [5, 5.41) is 7.04. The van der Waals surface area contributed by atoms with Crippen molar-refractivity contribution in [2.75, 3.05) is 25.0 Å². The summed E-state index contributed by atoms with van der Waals surface area (Å²) in [7, 11) is 1.83. The first kappa shape index (κ1) is 22.7. The van der Waals surface area contributed by atoms with Crippen LogP contribution in [0.5, 0.6) is 5.75 Å². The van der Waals surface area contributed by atoms with Crippen LogP contribution in [-0.2, 0) is 6.54 Å². The van der Waals surface area contributed by atoms with E-state index in [0.717, 1.165) is 43.5 Å². The lowest BCUT2D eigenvalue weighted by molar-refractivity contribution is 0.119. The Hall–Kier alpha value is -2.03. The van der Waals surface area contributed by atoms with E-state index in [1.54, 1.807) is 0 Å². The summed E-state index contributed by atoms with van der Waals surface area (Å²) in [6.45, 7) is 2.71. The Labute approximate surface area is 196 Å². The molecule has 30 heavy (non-hydrogen) atoms. The normalized spacial score (nSPS) is 17.6. The van der Waals surface area contributed by atoms with Crippen LogP contribution in [0.15, 0.2) is 53.7 Å². The summed E-state index contributed by atoms with van der Waals surface area (Å²) in [5.41, 5.74) is 1.17. The molecule has 1 saturated heterocycles. The van der Waals surface area contributed by atoms with Crippen LogP contribution in [0.3, 0.4) is 0 Å². The van der Waals surface area contributed by atoms with E-state index in [-0.39, 0.29) is 24.0 Å². The zero-order chi connectivity index (χ0) is 19.9. The summed E-state index contributed by atoms with van der Waals surface area (Å²) in [4.78, 5) is 11.2. The van der Waals surface area contributed by atoms with Gasteiger partial charge in [0, 0.05) is 44.5 Å². The smallest absolute Gasteiger partial charge is 0.191 e. The summed E-state index contributed by atoms with van der Waals surface area (Å²) in [6.07, 6.45) is 8.00. The number of aromatic nitrogens is 1. The van der Waals surface area contributed by atoms with Crippen molar-refractivity contribution >= 4 is 35.8 Å². The summed E-state index contributed by atoms with van der Waals surface area (Å²) in [5.74, 6) is 2.90. The molecule has 1 aromatic heterocycles. The van der Waals surface area contributed by atoms with Gasteiger partial charge in [-0.05, 0) is 50.3 Å². The molecule has 2 aliphatic rings. The number of nitrogens with zero attached hydrogens (tertiary/aromatic N) is 3. The van der Waals surface area contributed by atoms with Gasteiger partial charge in [0.05, 0.1) is 6.10 Å². The molecule has 1 aliphatic heterocycles. The number of para-hydroxylation sites is 1. The number of nitrogens with one attached hydrogen (secondary N) is 2. The number of ether oxygens (including phenoxy) is 1. The van der Waals surface area contributed by atoms with Crippen molar-refractivity contribution in [1.82, 2.24) is 15.6 Å². The van der Waals surface area contributed by atoms with Gasteiger partial charge < -0.3 is 20.3 Å². The number of anilines is 1. The number of benzene rings is 1. The molecule has 0 unspecified atom stereocenters. The molecule has 162 valence electrons. The Morgan fingerprint density at radius 2 is 1.87 bits per heavy atom. The molecule has 0 atom stereocenters. The van der Waals surface area contributed by atoms with Gasteiger partial charge in [0.1, 0.15) is 11.6 Å². The fraction of sp³-hybridized carbons (Fsp3) is 0.478. The maximum absolute atomic E-state index is 6.14. The minimum atomic E-state index is 0. The number of hydrogen-bond acceptors (Lipinski definition) is 4. The number of guanidine groups is 1. The lowest BCUT2D eigenvalue weighted by atomic mass is 9.96. The van der Waals surface area contributed by atoms with E-state index < -0.39 is 0 Å². The van der Waals surface area contributed by atoms with Gasteiger partial charge in [-0.2, -0.15) is 0 Å². The molecule has 1 saturated carbocycles. The Kier molecular flexibility index (Phi) is 8.60. The van der Waals surface area contributed by atoms with Gasteiger partial charge in [-0.15, -0.1) is 24.0 Å². The molecule has 1 aliphatic carbocycles. The minimum Gasteiger partial charge on any atom is -0.490 e. The lowest BCUT2D eigenvalue weighted by Crippen LogP contribution is -2.48. The molecule has 0 spiro atoms. The van der Waals surface area contributed by atoms with Crippen LogP contribution < -0.4 is 20.3 Å². The zero-order valence-electron chi connectivity index (χ0n) is 17.6. The molecular formula is C23H32IN5O. The second kappa shape index (κ2) is 11.4. The molecule has 0 radical (unpaired) electrons. The highest BCUT2D eigenvalue weighted by Crippen LogP contribution is 2.27. The predicted molar refractivity (Wildman–Crippen MR) is 133 cm³/mol. The van der Waals surface area contributed by atoms with Crippen LogP contribution in [0, 0.1) is 0 Å². The van der Waals surface area contributed by atoms with E-state index in [0.29, 0.717) is 18.7 Å². The molecule has 2 N–H and O–H groups in total. The van der Waals surface area contributed by atoms with Gasteiger partial charge in [0.2, 0.25) is 0 Å². The van der Waals surface area contributed by atoms with Gasteiger partial charge >= 0.3 is 0 Å². The zero-order valence-corrected chi connectivity index (χ0v) is 19.9. The number of pyridine rings is 1. The van der Waals surface area contributed by atoms with Crippen LogP contribution in [0.2, 0.25) is 0 Å². The molecule has 2 aromatic rings. The number of rotatable bonds is 6. The number of halogens is 1. The highest BCUT2D eigenvalue weighted by atomic mass is 127. The van der Waals surface area contributed by atoms with Crippen molar-refractivity contribution in [3.8, 4) is 5.75 Å². The first-order chi connectivity index (χ1) is 14.3. The van der Waals surface area contributed by atoms with Gasteiger partial charge in [-0.1, -0.05) is 24.3 Å². The molecule has 7 heteroatoms. The standard InChI is InChI=1S/C23H31N5O.HI/c1-24-23(26-17-18-7-2-3-10-21(18)29-20-8-6-9-20)27-19-12-15-28(16-13-19)22-11-4-5-14-25-22;/h2-5,7,10-11,14,19-20H,6,8-9,12-13,15-17H2,1H3,(H2,24,26,27);1H. The van der Waals surface area contributed by atoms with Crippen molar-refractivity contribution in [3.63, 3.8) is 0 Å². The second-order valence-electron chi connectivity index (χ2n) is 7.80. The Bertz CT molecular complexity index is 804. The number of aliphatic imine (C=N–C) groups is 1. The van der Waals surface area contributed by atoms with Gasteiger partial charge in [0.15, 0.2) is 5.96 Å². The monoisotopic (exact) mass is 521 g/mol. The quantitative estimate of drug-likeness (QED) is 0.343. The average Bonchev–Trinajstić information content (AvgIpc) is 2.75. The van der Waals surface area contributed by atoms with Crippen molar-refractivity contribution in [1.29, 1.82) is 0 Å². The van der Waals surface area contributed by atoms with Crippen LogP contribution in [-0.4, -0.2) is 43.2 Å². The van der Waals surface area contributed by atoms with Crippen LogP contribution in [0.25, 0.3) is 0 Å². The third-order valence-electron chi connectivity index (χ3n) is 5.80. The maximum atomic E-state index is 6.14. The van der Waals surface area contributed by atoms with E-state index >= 15 is 0 Å². The fourth-order valence-corrected chi connectivity index (χ4v) is 3.79. The van der Waals surface area contributed by atoms with Crippen molar-refractivity contribution in [3.05, 3.63) is 54.2 Å². The Balaban J connectivity index is 0.00000256. The van der Waals surface area contributed by atoms with E-state index in [9.17, 15) is 0 Å². The number of hydrogen-bond donors (Lipinski definition) is 2. The van der Waals surface area contributed by atoms with Crippen molar-refractivity contribution in [2.24, 2.45) is 4.99 Å². The highest BCUT2D eigenvalue weighted by Gasteiger charge is 2.22. The summed E-state index contributed by atoms with van der Waals surface area (Å²) in [6, 6.07) is 14.8. The first-order valence-corrected chi connectivity index (χ1v) is 10.7. The van der Waals surface area contributed by atoms with Crippen molar-refractivity contribution < 1.29 is 4.74 Å².